The fraction of sp³-hybridized carbons (Fsp3) is 0.474. The van der Waals surface area contributed by atoms with Crippen molar-refractivity contribution in [2.45, 2.75) is 45.3 Å². The maximum atomic E-state index is 11.6. The van der Waals surface area contributed by atoms with Gasteiger partial charge < -0.3 is 14.6 Å². The first-order valence-electron chi connectivity index (χ1n) is 9.32. The Balaban J connectivity index is 1.56. The standard InChI is InChI=1S/C19H21N5O2S/c1-10(12-5-17(25)21-7-12)26-19-18-15(22-9-24(18)13-3-4-13)6-14(23-19)16-8-20-11(2)27-16/h6,8-10,12-13H,3-5,7H2,1-2H3,(H,21,25). The van der Waals surface area contributed by atoms with E-state index >= 15 is 0 Å². The van der Waals surface area contributed by atoms with E-state index < -0.39 is 0 Å². The van der Waals surface area contributed by atoms with Crippen molar-refractivity contribution >= 4 is 28.3 Å². The Bertz CT molecular complexity index is 1020. The van der Waals surface area contributed by atoms with Crippen molar-refractivity contribution in [3.05, 3.63) is 23.6 Å². The summed E-state index contributed by atoms with van der Waals surface area (Å²) in [6.07, 6.45) is 6.46. The van der Waals surface area contributed by atoms with Gasteiger partial charge in [0.25, 0.3) is 0 Å². The van der Waals surface area contributed by atoms with Crippen LogP contribution in [0.15, 0.2) is 18.6 Å². The highest BCUT2D eigenvalue weighted by molar-refractivity contribution is 7.15. The van der Waals surface area contributed by atoms with Gasteiger partial charge in [0.05, 0.1) is 27.4 Å². The molecule has 1 N–H and O–H groups in total. The van der Waals surface area contributed by atoms with Crippen LogP contribution in [0.5, 0.6) is 5.88 Å². The second kappa shape index (κ2) is 6.30. The molecule has 0 radical (unpaired) electrons. The maximum absolute atomic E-state index is 11.6. The third-order valence-electron chi connectivity index (χ3n) is 5.30. The van der Waals surface area contributed by atoms with Crippen molar-refractivity contribution in [1.82, 2.24) is 24.8 Å². The average Bonchev–Trinajstić information content (AvgIpc) is 3.04. The van der Waals surface area contributed by atoms with Gasteiger partial charge in [-0.15, -0.1) is 11.3 Å². The fourth-order valence-corrected chi connectivity index (χ4v) is 4.31. The first-order valence-corrected chi connectivity index (χ1v) is 10.1. The summed E-state index contributed by atoms with van der Waals surface area (Å²) in [5.41, 5.74) is 2.67. The number of fused-ring (bicyclic) bond motifs is 1. The number of carbonyl (C=O) groups is 1. The third kappa shape index (κ3) is 3.07. The number of pyridine rings is 1. The van der Waals surface area contributed by atoms with Crippen molar-refractivity contribution in [1.29, 1.82) is 0 Å². The quantitative estimate of drug-likeness (QED) is 0.732. The summed E-state index contributed by atoms with van der Waals surface area (Å²) in [5.74, 6) is 0.844. The summed E-state index contributed by atoms with van der Waals surface area (Å²) in [6.45, 7) is 4.65. The summed E-state index contributed by atoms with van der Waals surface area (Å²) in [4.78, 5) is 26.4. The lowest BCUT2D eigenvalue weighted by atomic mass is 10.0. The lowest BCUT2D eigenvalue weighted by Crippen LogP contribution is -2.26. The summed E-state index contributed by atoms with van der Waals surface area (Å²) >= 11 is 1.61. The third-order valence-corrected chi connectivity index (χ3v) is 6.24. The van der Waals surface area contributed by atoms with Gasteiger partial charge in [-0.2, -0.15) is 0 Å². The van der Waals surface area contributed by atoms with Crippen LogP contribution in [0.2, 0.25) is 0 Å². The highest BCUT2D eigenvalue weighted by atomic mass is 32.1. The van der Waals surface area contributed by atoms with Gasteiger partial charge in [0, 0.05) is 31.1 Å². The number of hydrogen-bond donors (Lipinski definition) is 1. The van der Waals surface area contributed by atoms with Crippen molar-refractivity contribution < 1.29 is 9.53 Å². The zero-order chi connectivity index (χ0) is 18.5. The van der Waals surface area contributed by atoms with E-state index in [0.717, 1.165) is 39.5 Å². The molecule has 4 heterocycles. The second-order valence-corrected chi connectivity index (χ2v) is 8.63. The molecule has 140 valence electrons. The molecule has 1 aliphatic heterocycles. The van der Waals surface area contributed by atoms with Crippen LogP contribution in [0.1, 0.15) is 37.2 Å². The van der Waals surface area contributed by atoms with Gasteiger partial charge in [0.2, 0.25) is 11.8 Å². The minimum Gasteiger partial charge on any atom is -0.473 e. The van der Waals surface area contributed by atoms with Crippen molar-refractivity contribution in [2.24, 2.45) is 5.92 Å². The van der Waals surface area contributed by atoms with E-state index in [1.165, 1.54) is 0 Å². The normalized spacial score (nSPS) is 20.8. The van der Waals surface area contributed by atoms with Gasteiger partial charge >= 0.3 is 0 Å². The van der Waals surface area contributed by atoms with Crippen LogP contribution < -0.4 is 10.1 Å². The fourth-order valence-electron chi connectivity index (χ4n) is 3.57. The van der Waals surface area contributed by atoms with Gasteiger partial charge in [0.15, 0.2) is 0 Å². The minimum atomic E-state index is -0.111. The van der Waals surface area contributed by atoms with E-state index in [2.05, 4.69) is 19.9 Å². The summed E-state index contributed by atoms with van der Waals surface area (Å²) in [5, 5.41) is 3.89. The molecule has 1 aliphatic carbocycles. The van der Waals surface area contributed by atoms with E-state index in [-0.39, 0.29) is 17.9 Å². The van der Waals surface area contributed by atoms with Crippen molar-refractivity contribution in [3.63, 3.8) is 0 Å². The first-order chi connectivity index (χ1) is 13.1. The predicted octanol–water partition coefficient (Wildman–Crippen LogP) is 3.10. The van der Waals surface area contributed by atoms with E-state index in [1.807, 2.05) is 32.4 Å². The number of nitrogens with zero attached hydrogens (tertiary/aromatic N) is 4. The Morgan fingerprint density at radius 2 is 2.22 bits per heavy atom. The molecule has 0 spiro atoms. The first kappa shape index (κ1) is 16.7. The SMILES string of the molecule is Cc1ncc(-c2cc3ncn(C4CC4)c3c(OC(C)C3CNC(=O)C3)n2)s1. The lowest BCUT2D eigenvalue weighted by molar-refractivity contribution is -0.119. The number of amides is 1. The zero-order valence-electron chi connectivity index (χ0n) is 15.3. The molecule has 1 saturated heterocycles. The van der Waals surface area contributed by atoms with Crippen molar-refractivity contribution in [3.8, 4) is 16.5 Å². The molecule has 0 bridgehead atoms. The van der Waals surface area contributed by atoms with Crippen LogP contribution >= 0.6 is 11.3 Å². The number of nitrogens with one attached hydrogen (secondary N) is 1. The minimum absolute atomic E-state index is 0.0884. The molecule has 27 heavy (non-hydrogen) atoms. The molecule has 2 aliphatic rings. The topological polar surface area (TPSA) is 81.9 Å². The molecule has 0 aromatic carbocycles. The molecule has 3 aromatic rings. The van der Waals surface area contributed by atoms with Crippen LogP contribution in [-0.2, 0) is 4.79 Å². The summed E-state index contributed by atoms with van der Waals surface area (Å²) < 4.78 is 8.51. The lowest BCUT2D eigenvalue weighted by Gasteiger charge is -2.20. The second-order valence-electron chi connectivity index (χ2n) is 7.40. The number of rotatable bonds is 5. The highest BCUT2D eigenvalue weighted by Crippen LogP contribution is 2.40. The number of ether oxygens (including phenoxy) is 1. The molecule has 2 fully saturated rings. The Morgan fingerprint density at radius 3 is 2.89 bits per heavy atom. The van der Waals surface area contributed by atoms with E-state index in [0.29, 0.717) is 24.9 Å². The summed E-state index contributed by atoms with van der Waals surface area (Å²) in [6, 6.07) is 2.50. The Labute approximate surface area is 160 Å². The van der Waals surface area contributed by atoms with Crippen LogP contribution in [0.25, 0.3) is 21.6 Å². The molecule has 2 atom stereocenters. The molecule has 1 amide bonds. The molecule has 5 rings (SSSR count). The van der Waals surface area contributed by atoms with Gasteiger partial charge in [-0.3, -0.25) is 4.79 Å². The van der Waals surface area contributed by atoms with Gasteiger partial charge in [-0.05, 0) is 32.8 Å². The number of carbonyl (C=O) groups excluding carboxylic acids is 1. The van der Waals surface area contributed by atoms with Crippen LogP contribution in [0.4, 0.5) is 0 Å². The van der Waals surface area contributed by atoms with E-state index in [1.54, 1.807) is 11.3 Å². The number of aryl methyl sites for hydroxylation is 1. The molecule has 3 aromatic heterocycles. The average molecular weight is 383 g/mol. The molecular weight excluding hydrogens is 362 g/mol. The number of aromatic nitrogens is 4. The molecule has 2 unspecified atom stereocenters. The maximum Gasteiger partial charge on any atom is 0.241 e. The van der Waals surface area contributed by atoms with Crippen molar-refractivity contribution in [2.75, 3.05) is 6.54 Å². The van der Waals surface area contributed by atoms with Gasteiger partial charge in [-0.1, -0.05) is 0 Å². The Morgan fingerprint density at radius 1 is 1.37 bits per heavy atom. The van der Waals surface area contributed by atoms with Crippen LogP contribution in [0.3, 0.4) is 0 Å². The van der Waals surface area contributed by atoms with E-state index in [9.17, 15) is 4.79 Å². The zero-order valence-corrected chi connectivity index (χ0v) is 16.1. The molecular formula is C19H21N5O2S. The largest absolute Gasteiger partial charge is 0.473 e. The Hall–Kier alpha value is -2.48. The van der Waals surface area contributed by atoms with Gasteiger partial charge in [-0.25, -0.2) is 15.0 Å². The Kier molecular flexibility index (Phi) is 3.89. The monoisotopic (exact) mass is 383 g/mol. The van der Waals surface area contributed by atoms with E-state index in [4.69, 9.17) is 9.72 Å². The number of imidazole rings is 1. The molecule has 7 nitrogen and oxygen atoms in total. The molecule has 8 heteroatoms. The predicted molar refractivity (Wildman–Crippen MR) is 103 cm³/mol. The van der Waals surface area contributed by atoms with Crippen LogP contribution in [0, 0.1) is 12.8 Å². The molecule has 1 saturated carbocycles. The van der Waals surface area contributed by atoms with Gasteiger partial charge in [0.1, 0.15) is 11.6 Å². The number of thiazole rings is 1. The number of hydrogen-bond acceptors (Lipinski definition) is 6. The summed E-state index contributed by atoms with van der Waals surface area (Å²) in [7, 11) is 0. The smallest absolute Gasteiger partial charge is 0.241 e. The highest BCUT2D eigenvalue weighted by Gasteiger charge is 2.31. The van der Waals surface area contributed by atoms with Crippen LogP contribution in [-0.4, -0.2) is 38.1 Å².